The molecular weight excluding hydrogens is 406 g/mol. The number of carbonyl (C=O) groups is 1. The molecule has 3 aromatic rings. The molecule has 1 atom stereocenters. The van der Waals surface area contributed by atoms with Gasteiger partial charge in [-0.25, -0.2) is 0 Å². The lowest BCUT2D eigenvalue weighted by atomic mass is 10.1. The van der Waals surface area contributed by atoms with Gasteiger partial charge in [-0.05, 0) is 49.0 Å². The highest BCUT2D eigenvalue weighted by Crippen LogP contribution is 2.36. The van der Waals surface area contributed by atoms with Crippen molar-refractivity contribution in [3.8, 4) is 23.0 Å². The Labute approximate surface area is 188 Å². The van der Waals surface area contributed by atoms with Crippen LogP contribution in [0.5, 0.6) is 23.0 Å². The number of carboxylic acid groups (broad SMARTS) is 1. The third kappa shape index (κ3) is 5.59. The molecule has 6 nitrogen and oxygen atoms in total. The van der Waals surface area contributed by atoms with E-state index >= 15 is 0 Å². The minimum Gasteiger partial charge on any atom is -0.493 e. The predicted molar refractivity (Wildman–Crippen MR) is 122 cm³/mol. The van der Waals surface area contributed by atoms with E-state index in [9.17, 15) is 4.79 Å². The third-order valence-electron chi connectivity index (χ3n) is 5.38. The lowest BCUT2D eigenvalue weighted by Gasteiger charge is -2.22. The highest BCUT2D eigenvalue weighted by atomic mass is 16.5. The van der Waals surface area contributed by atoms with Crippen LogP contribution in [0.1, 0.15) is 23.7 Å². The SMILES string of the molecule is CN(CCC(Oc1ccc(Oc2cccc3c2CCO3)cc1)c1ccccc1)CC(=O)O. The van der Waals surface area contributed by atoms with Gasteiger partial charge in [0.25, 0.3) is 0 Å². The van der Waals surface area contributed by atoms with E-state index in [2.05, 4.69) is 0 Å². The first-order valence-corrected chi connectivity index (χ1v) is 10.7. The Morgan fingerprint density at radius 3 is 2.53 bits per heavy atom. The second-order valence-electron chi connectivity index (χ2n) is 7.84. The van der Waals surface area contributed by atoms with Gasteiger partial charge < -0.3 is 19.3 Å². The smallest absolute Gasteiger partial charge is 0.317 e. The summed E-state index contributed by atoms with van der Waals surface area (Å²) in [7, 11) is 1.80. The third-order valence-corrected chi connectivity index (χ3v) is 5.38. The summed E-state index contributed by atoms with van der Waals surface area (Å²) in [5.74, 6) is 2.33. The summed E-state index contributed by atoms with van der Waals surface area (Å²) >= 11 is 0. The molecular formula is C26H27NO5. The summed E-state index contributed by atoms with van der Waals surface area (Å²) in [5, 5.41) is 8.99. The molecule has 3 aromatic carbocycles. The first kappa shape index (κ1) is 21.7. The van der Waals surface area contributed by atoms with Gasteiger partial charge >= 0.3 is 5.97 Å². The Kier molecular flexibility index (Phi) is 6.92. The van der Waals surface area contributed by atoms with Crippen molar-refractivity contribution >= 4 is 5.97 Å². The summed E-state index contributed by atoms with van der Waals surface area (Å²) in [4.78, 5) is 12.7. The Bertz CT molecular complexity index is 1040. The largest absolute Gasteiger partial charge is 0.493 e. The van der Waals surface area contributed by atoms with Gasteiger partial charge in [-0.2, -0.15) is 0 Å². The minimum absolute atomic E-state index is 0.00176. The molecule has 32 heavy (non-hydrogen) atoms. The highest BCUT2D eigenvalue weighted by Gasteiger charge is 2.18. The molecule has 1 unspecified atom stereocenters. The predicted octanol–water partition coefficient (Wildman–Crippen LogP) is 4.94. The summed E-state index contributed by atoms with van der Waals surface area (Å²) in [6, 6.07) is 23.4. The van der Waals surface area contributed by atoms with Crippen LogP contribution in [0.15, 0.2) is 72.8 Å². The number of ether oxygens (including phenoxy) is 3. The van der Waals surface area contributed by atoms with Gasteiger partial charge in [0.2, 0.25) is 0 Å². The molecule has 1 aliphatic heterocycles. The maximum absolute atomic E-state index is 10.9. The molecule has 0 fully saturated rings. The number of hydrogen-bond donors (Lipinski definition) is 1. The second-order valence-corrected chi connectivity index (χ2v) is 7.84. The second kappa shape index (κ2) is 10.2. The quantitative estimate of drug-likeness (QED) is 0.488. The average Bonchev–Trinajstić information content (AvgIpc) is 3.28. The van der Waals surface area contributed by atoms with Crippen LogP contribution in [-0.4, -0.2) is 42.7 Å². The van der Waals surface area contributed by atoms with Gasteiger partial charge in [0.05, 0.1) is 13.2 Å². The molecule has 1 heterocycles. The fourth-order valence-electron chi connectivity index (χ4n) is 3.77. The maximum atomic E-state index is 10.9. The Hall–Kier alpha value is -3.51. The van der Waals surface area contributed by atoms with E-state index in [0.717, 1.165) is 40.5 Å². The first-order valence-electron chi connectivity index (χ1n) is 10.7. The van der Waals surface area contributed by atoms with Crippen molar-refractivity contribution in [2.24, 2.45) is 0 Å². The number of fused-ring (bicyclic) bond motifs is 1. The van der Waals surface area contributed by atoms with E-state index in [0.29, 0.717) is 19.6 Å². The monoisotopic (exact) mass is 433 g/mol. The van der Waals surface area contributed by atoms with E-state index in [1.807, 2.05) is 72.8 Å². The van der Waals surface area contributed by atoms with Crippen molar-refractivity contribution in [2.45, 2.75) is 18.9 Å². The number of aliphatic carboxylic acids is 1. The van der Waals surface area contributed by atoms with Crippen LogP contribution in [0.25, 0.3) is 0 Å². The zero-order valence-corrected chi connectivity index (χ0v) is 18.1. The molecule has 0 saturated heterocycles. The molecule has 0 spiro atoms. The average molecular weight is 434 g/mol. The lowest BCUT2D eigenvalue weighted by molar-refractivity contribution is -0.138. The van der Waals surface area contributed by atoms with Gasteiger partial charge in [-0.3, -0.25) is 9.69 Å². The summed E-state index contributed by atoms with van der Waals surface area (Å²) < 4.78 is 18.0. The first-order chi connectivity index (χ1) is 15.6. The lowest BCUT2D eigenvalue weighted by Crippen LogP contribution is -2.28. The standard InChI is InChI=1S/C26H27NO5/c1-27(18-26(28)29)16-14-23(19-6-3-2-4-7-19)31-20-10-12-21(13-11-20)32-25-9-5-8-24-22(25)15-17-30-24/h2-13,23H,14-18H2,1H3,(H,28,29). The number of hydrogen-bond acceptors (Lipinski definition) is 5. The molecule has 0 saturated carbocycles. The molecule has 1 N–H and O–H groups in total. The molecule has 0 aromatic heterocycles. The molecule has 0 radical (unpaired) electrons. The van der Waals surface area contributed by atoms with Gasteiger partial charge in [0.15, 0.2) is 0 Å². The van der Waals surface area contributed by atoms with E-state index in [-0.39, 0.29) is 12.6 Å². The topological polar surface area (TPSA) is 68.2 Å². The fourth-order valence-corrected chi connectivity index (χ4v) is 3.77. The van der Waals surface area contributed by atoms with Crippen molar-refractivity contribution in [3.05, 3.63) is 83.9 Å². The fraction of sp³-hybridized carbons (Fsp3) is 0.269. The molecule has 0 bridgehead atoms. The van der Waals surface area contributed by atoms with Crippen LogP contribution >= 0.6 is 0 Å². The molecule has 0 amide bonds. The van der Waals surface area contributed by atoms with Crippen LogP contribution in [0, 0.1) is 0 Å². The molecule has 6 heteroatoms. The molecule has 0 aliphatic carbocycles. The Morgan fingerprint density at radius 2 is 1.78 bits per heavy atom. The van der Waals surface area contributed by atoms with Crippen molar-refractivity contribution in [1.29, 1.82) is 0 Å². The Balaban J connectivity index is 1.43. The zero-order chi connectivity index (χ0) is 22.3. The zero-order valence-electron chi connectivity index (χ0n) is 18.1. The molecule has 1 aliphatic rings. The maximum Gasteiger partial charge on any atom is 0.317 e. The van der Waals surface area contributed by atoms with Crippen LogP contribution in [0.2, 0.25) is 0 Å². The highest BCUT2D eigenvalue weighted by molar-refractivity contribution is 5.69. The van der Waals surface area contributed by atoms with E-state index in [4.69, 9.17) is 19.3 Å². The van der Waals surface area contributed by atoms with Gasteiger partial charge in [0.1, 0.15) is 29.1 Å². The summed E-state index contributed by atoms with van der Waals surface area (Å²) in [6.45, 7) is 1.29. The van der Waals surface area contributed by atoms with E-state index < -0.39 is 5.97 Å². The number of likely N-dealkylation sites (N-methyl/N-ethyl adjacent to an activating group) is 1. The van der Waals surface area contributed by atoms with Crippen molar-refractivity contribution < 1.29 is 24.1 Å². The number of nitrogens with zero attached hydrogens (tertiary/aromatic N) is 1. The normalized spacial score (nSPS) is 13.3. The van der Waals surface area contributed by atoms with Gasteiger partial charge in [0, 0.05) is 24.9 Å². The molecule has 166 valence electrons. The van der Waals surface area contributed by atoms with Crippen molar-refractivity contribution in [2.75, 3.05) is 26.7 Å². The van der Waals surface area contributed by atoms with Gasteiger partial charge in [-0.15, -0.1) is 0 Å². The summed E-state index contributed by atoms with van der Waals surface area (Å²) in [5.41, 5.74) is 2.15. The van der Waals surface area contributed by atoms with Crippen molar-refractivity contribution in [1.82, 2.24) is 4.90 Å². The number of rotatable bonds is 10. The summed E-state index contributed by atoms with van der Waals surface area (Å²) in [6.07, 6.45) is 1.33. The Morgan fingerprint density at radius 1 is 1.03 bits per heavy atom. The number of carboxylic acids is 1. The van der Waals surface area contributed by atoms with Crippen LogP contribution < -0.4 is 14.2 Å². The van der Waals surface area contributed by atoms with Crippen LogP contribution in [0.3, 0.4) is 0 Å². The van der Waals surface area contributed by atoms with E-state index in [1.54, 1.807) is 11.9 Å². The van der Waals surface area contributed by atoms with Crippen molar-refractivity contribution in [3.63, 3.8) is 0 Å². The molecule has 4 rings (SSSR count). The number of benzene rings is 3. The van der Waals surface area contributed by atoms with E-state index in [1.165, 1.54) is 0 Å². The van der Waals surface area contributed by atoms with Crippen LogP contribution in [-0.2, 0) is 11.2 Å². The van der Waals surface area contributed by atoms with Crippen LogP contribution in [0.4, 0.5) is 0 Å². The minimum atomic E-state index is -0.837. The van der Waals surface area contributed by atoms with Gasteiger partial charge in [-0.1, -0.05) is 36.4 Å².